The number of nitrogens with two attached hydrogens (primary N) is 1. The van der Waals surface area contributed by atoms with E-state index in [2.05, 4.69) is 14.3 Å². The second-order valence-corrected chi connectivity index (χ2v) is 5.68. The zero-order valence-corrected chi connectivity index (χ0v) is 11.5. The third-order valence-electron chi connectivity index (χ3n) is 3.39. The van der Waals surface area contributed by atoms with Crippen LogP contribution in [0.5, 0.6) is 0 Å². The second-order valence-electron chi connectivity index (χ2n) is 4.95. The highest BCUT2D eigenvalue weighted by molar-refractivity contribution is 7.08. The molecule has 1 aliphatic carbocycles. The minimum atomic E-state index is 0.573. The molecule has 0 spiro atoms. The Morgan fingerprint density at radius 3 is 2.75 bits per heavy atom. The maximum atomic E-state index is 5.73. The molecule has 0 saturated heterocycles. The molecule has 1 fully saturated rings. The zero-order chi connectivity index (χ0) is 13.5. The average molecular weight is 283 g/mol. The molecule has 6 heteroatoms. The summed E-state index contributed by atoms with van der Waals surface area (Å²) in [5.41, 5.74) is 7.49. The first-order valence-electron chi connectivity index (χ1n) is 6.54. The van der Waals surface area contributed by atoms with E-state index >= 15 is 0 Å². The van der Waals surface area contributed by atoms with Crippen LogP contribution in [0.4, 0.5) is 5.69 Å². The molecule has 0 aliphatic heterocycles. The second kappa shape index (κ2) is 4.42. The van der Waals surface area contributed by atoms with Gasteiger partial charge in [0.2, 0.25) is 5.13 Å². The van der Waals surface area contributed by atoms with E-state index in [0.717, 1.165) is 28.0 Å². The van der Waals surface area contributed by atoms with Crippen molar-refractivity contribution >= 4 is 17.2 Å². The van der Waals surface area contributed by atoms with Crippen molar-refractivity contribution in [2.24, 2.45) is 0 Å². The van der Waals surface area contributed by atoms with E-state index < -0.39 is 0 Å². The van der Waals surface area contributed by atoms with Crippen molar-refractivity contribution in [2.45, 2.75) is 18.8 Å². The molecule has 1 aromatic carbocycles. The van der Waals surface area contributed by atoms with Crippen LogP contribution in [0, 0.1) is 0 Å². The Bertz CT molecular complexity index is 739. The van der Waals surface area contributed by atoms with Crippen molar-refractivity contribution < 1.29 is 0 Å². The minimum absolute atomic E-state index is 0.573. The van der Waals surface area contributed by atoms with E-state index in [-0.39, 0.29) is 0 Å². The van der Waals surface area contributed by atoms with Gasteiger partial charge in [0.05, 0.1) is 0 Å². The standard InChI is InChI=1S/C14H13N5S/c15-11-5-3-10(4-6-11)13-16-7-8-19(13)14-17-12(18-20-14)9-1-2-9/h3-9H,1-2,15H2. The Balaban J connectivity index is 1.75. The first-order chi connectivity index (χ1) is 9.81. The topological polar surface area (TPSA) is 69.6 Å². The van der Waals surface area contributed by atoms with Crippen molar-refractivity contribution in [3.05, 3.63) is 42.5 Å². The number of rotatable bonds is 3. The first-order valence-corrected chi connectivity index (χ1v) is 7.32. The van der Waals surface area contributed by atoms with E-state index in [4.69, 9.17) is 5.73 Å². The average Bonchev–Trinajstić information content (AvgIpc) is 3.01. The lowest BCUT2D eigenvalue weighted by Gasteiger charge is -2.04. The maximum Gasteiger partial charge on any atom is 0.215 e. The fourth-order valence-electron chi connectivity index (χ4n) is 2.14. The molecular formula is C14H13N5S. The van der Waals surface area contributed by atoms with Crippen LogP contribution >= 0.6 is 11.5 Å². The fraction of sp³-hybridized carbons (Fsp3) is 0.214. The maximum absolute atomic E-state index is 5.73. The van der Waals surface area contributed by atoms with Crippen LogP contribution in [0.2, 0.25) is 0 Å². The number of nitrogens with zero attached hydrogens (tertiary/aromatic N) is 4. The molecule has 0 bridgehead atoms. The van der Waals surface area contributed by atoms with Crippen LogP contribution in [-0.4, -0.2) is 18.9 Å². The van der Waals surface area contributed by atoms with Gasteiger partial charge in [0.25, 0.3) is 0 Å². The smallest absolute Gasteiger partial charge is 0.215 e. The molecule has 20 heavy (non-hydrogen) atoms. The molecule has 2 aromatic heterocycles. The summed E-state index contributed by atoms with van der Waals surface area (Å²) in [6.45, 7) is 0. The Hall–Kier alpha value is -2.21. The predicted molar refractivity (Wildman–Crippen MR) is 78.9 cm³/mol. The Morgan fingerprint density at radius 1 is 1.20 bits per heavy atom. The molecule has 0 amide bonds. The molecule has 2 heterocycles. The highest BCUT2D eigenvalue weighted by atomic mass is 32.1. The number of imidazole rings is 1. The molecule has 0 radical (unpaired) electrons. The normalized spacial score (nSPS) is 14.6. The minimum Gasteiger partial charge on any atom is -0.399 e. The number of nitrogen functional groups attached to an aromatic ring is 1. The van der Waals surface area contributed by atoms with E-state index in [1.807, 2.05) is 35.0 Å². The Morgan fingerprint density at radius 2 is 2.00 bits per heavy atom. The number of hydrogen-bond donors (Lipinski definition) is 1. The van der Waals surface area contributed by atoms with E-state index in [1.54, 1.807) is 6.20 Å². The molecule has 0 atom stereocenters. The molecule has 1 aliphatic rings. The van der Waals surface area contributed by atoms with Crippen LogP contribution < -0.4 is 5.73 Å². The van der Waals surface area contributed by atoms with Gasteiger partial charge in [0.1, 0.15) is 11.6 Å². The number of anilines is 1. The fourth-order valence-corrected chi connectivity index (χ4v) is 2.87. The summed E-state index contributed by atoms with van der Waals surface area (Å²) in [5.74, 6) is 2.41. The molecular weight excluding hydrogens is 270 g/mol. The van der Waals surface area contributed by atoms with Crippen LogP contribution in [-0.2, 0) is 0 Å². The summed E-state index contributed by atoms with van der Waals surface area (Å²) < 4.78 is 6.43. The quantitative estimate of drug-likeness (QED) is 0.750. The highest BCUT2D eigenvalue weighted by Crippen LogP contribution is 2.39. The van der Waals surface area contributed by atoms with Gasteiger partial charge in [-0.15, -0.1) is 0 Å². The lowest BCUT2D eigenvalue weighted by Crippen LogP contribution is -1.96. The molecule has 100 valence electrons. The Kier molecular flexibility index (Phi) is 2.56. The zero-order valence-electron chi connectivity index (χ0n) is 10.7. The first kappa shape index (κ1) is 11.6. The largest absolute Gasteiger partial charge is 0.399 e. The molecule has 5 nitrogen and oxygen atoms in total. The van der Waals surface area contributed by atoms with Crippen molar-refractivity contribution in [3.8, 4) is 16.5 Å². The number of aromatic nitrogens is 4. The van der Waals surface area contributed by atoms with Gasteiger partial charge in [-0.3, -0.25) is 4.57 Å². The van der Waals surface area contributed by atoms with Crippen LogP contribution in [0.3, 0.4) is 0 Å². The molecule has 0 unspecified atom stereocenters. The summed E-state index contributed by atoms with van der Waals surface area (Å²) in [5, 5.41) is 0.872. The van der Waals surface area contributed by atoms with E-state index in [1.165, 1.54) is 24.4 Å². The van der Waals surface area contributed by atoms with Gasteiger partial charge in [-0.05, 0) is 37.1 Å². The Labute approximate surface area is 120 Å². The lowest BCUT2D eigenvalue weighted by atomic mass is 10.2. The van der Waals surface area contributed by atoms with Crippen LogP contribution in [0.15, 0.2) is 36.7 Å². The van der Waals surface area contributed by atoms with Crippen molar-refractivity contribution in [1.82, 2.24) is 18.9 Å². The summed E-state index contributed by atoms with van der Waals surface area (Å²) in [7, 11) is 0. The summed E-state index contributed by atoms with van der Waals surface area (Å²) >= 11 is 1.42. The summed E-state index contributed by atoms with van der Waals surface area (Å²) in [6.07, 6.45) is 6.13. The molecule has 2 N–H and O–H groups in total. The lowest BCUT2D eigenvalue weighted by molar-refractivity contribution is 0.948. The van der Waals surface area contributed by atoms with Crippen molar-refractivity contribution in [2.75, 3.05) is 5.73 Å². The summed E-state index contributed by atoms with van der Waals surface area (Å²) in [6, 6.07) is 7.70. The number of hydrogen-bond acceptors (Lipinski definition) is 5. The SMILES string of the molecule is Nc1ccc(-c2nccn2-c2nc(C3CC3)ns2)cc1. The monoisotopic (exact) mass is 283 g/mol. The van der Waals surface area contributed by atoms with Gasteiger partial charge in [-0.2, -0.15) is 4.37 Å². The van der Waals surface area contributed by atoms with Crippen LogP contribution in [0.25, 0.3) is 16.5 Å². The van der Waals surface area contributed by atoms with E-state index in [9.17, 15) is 0 Å². The summed E-state index contributed by atoms with van der Waals surface area (Å²) in [4.78, 5) is 9.05. The van der Waals surface area contributed by atoms with Crippen LogP contribution in [0.1, 0.15) is 24.6 Å². The predicted octanol–water partition coefficient (Wildman–Crippen LogP) is 2.85. The molecule has 1 saturated carbocycles. The van der Waals surface area contributed by atoms with Gasteiger partial charge in [0.15, 0.2) is 0 Å². The van der Waals surface area contributed by atoms with Crippen molar-refractivity contribution in [1.29, 1.82) is 0 Å². The molecule has 4 rings (SSSR count). The van der Waals surface area contributed by atoms with Gasteiger partial charge >= 0.3 is 0 Å². The van der Waals surface area contributed by atoms with Gasteiger partial charge in [-0.25, -0.2) is 9.97 Å². The third kappa shape index (κ3) is 1.98. The van der Waals surface area contributed by atoms with Crippen molar-refractivity contribution in [3.63, 3.8) is 0 Å². The van der Waals surface area contributed by atoms with Gasteiger partial charge in [-0.1, -0.05) is 0 Å². The number of benzene rings is 1. The third-order valence-corrected chi connectivity index (χ3v) is 4.12. The van der Waals surface area contributed by atoms with Gasteiger partial charge in [0, 0.05) is 41.1 Å². The molecule has 3 aromatic rings. The van der Waals surface area contributed by atoms with Gasteiger partial charge < -0.3 is 5.73 Å². The highest BCUT2D eigenvalue weighted by Gasteiger charge is 2.28. The van der Waals surface area contributed by atoms with E-state index in [0.29, 0.717) is 5.92 Å².